The number of amides is 1. The molecule has 1 saturated carbocycles. The minimum atomic E-state index is -4.64. The fraction of sp³-hybridized carbons (Fsp3) is 0.533. The van der Waals surface area contributed by atoms with Crippen LogP contribution >= 0.6 is 0 Å². The number of hydrogen-bond donors (Lipinski definition) is 0. The van der Waals surface area contributed by atoms with Crippen LogP contribution in [0.4, 0.5) is 13.2 Å². The molecule has 0 N–H and O–H groups in total. The van der Waals surface area contributed by atoms with Crippen molar-refractivity contribution in [3.05, 3.63) is 35.4 Å². The molecule has 1 unspecified atom stereocenters. The number of nitrogens with zero attached hydrogens (tertiary/aromatic N) is 1. The molecule has 128 valence electrons. The average Bonchev–Trinajstić information content (AvgIpc) is 3.20. The second-order valence-electron chi connectivity index (χ2n) is 5.93. The van der Waals surface area contributed by atoms with Gasteiger partial charge in [0.1, 0.15) is 9.84 Å². The average molecular weight is 349 g/mol. The highest BCUT2D eigenvalue weighted by molar-refractivity contribution is 7.90. The van der Waals surface area contributed by atoms with Crippen LogP contribution in [0.5, 0.6) is 0 Å². The normalized spacial score (nSPS) is 16.9. The molecular weight excluding hydrogens is 331 g/mol. The molecule has 0 heterocycles. The Morgan fingerprint density at radius 2 is 1.87 bits per heavy atom. The van der Waals surface area contributed by atoms with E-state index in [-0.39, 0.29) is 11.8 Å². The number of carbonyl (C=O) groups is 1. The van der Waals surface area contributed by atoms with Gasteiger partial charge in [-0.2, -0.15) is 13.2 Å². The molecule has 1 aliphatic rings. The molecule has 0 bridgehead atoms. The molecule has 4 nitrogen and oxygen atoms in total. The van der Waals surface area contributed by atoms with Crippen LogP contribution < -0.4 is 0 Å². The fourth-order valence-corrected chi connectivity index (χ4v) is 3.69. The molecule has 1 aliphatic carbocycles. The van der Waals surface area contributed by atoms with Crippen LogP contribution in [-0.4, -0.2) is 43.3 Å². The van der Waals surface area contributed by atoms with Crippen molar-refractivity contribution in [1.82, 2.24) is 4.90 Å². The summed E-state index contributed by atoms with van der Waals surface area (Å²) >= 11 is 0. The third kappa shape index (κ3) is 4.46. The maximum Gasteiger partial charge on any atom is 0.417 e. The fourth-order valence-electron chi connectivity index (χ4n) is 2.65. The largest absolute Gasteiger partial charge is 0.417 e. The highest BCUT2D eigenvalue weighted by atomic mass is 32.2. The van der Waals surface area contributed by atoms with Crippen molar-refractivity contribution in [3.63, 3.8) is 0 Å². The van der Waals surface area contributed by atoms with E-state index in [1.54, 1.807) is 6.92 Å². The van der Waals surface area contributed by atoms with Crippen LogP contribution in [0.1, 0.15) is 35.7 Å². The van der Waals surface area contributed by atoms with Crippen LogP contribution in [0.3, 0.4) is 0 Å². The standard InChI is InChI=1S/C15H18F3NO3S/c1-10(9-23(2,21)22)19(11-7-8-11)14(20)12-5-3-4-6-13(12)15(16,17)18/h3-6,10-11H,7-9H2,1-2H3. The second kappa shape index (κ2) is 6.14. The van der Waals surface area contributed by atoms with E-state index in [2.05, 4.69) is 0 Å². The molecule has 0 spiro atoms. The molecule has 0 radical (unpaired) electrons. The highest BCUT2D eigenvalue weighted by Crippen LogP contribution is 2.35. The zero-order valence-electron chi connectivity index (χ0n) is 12.8. The zero-order chi connectivity index (χ0) is 17.4. The quantitative estimate of drug-likeness (QED) is 0.821. The third-order valence-electron chi connectivity index (χ3n) is 3.66. The van der Waals surface area contributed by atoms with Crippen molar-refractivity contribution in [2.75, 3.05) is 12.0 Å². The summed E-state index contributed by atoms with van der Waals surface area (Å²) in [4.78, 5) is 13.9. The lowest BCUT2D eigenvalue weighted by molar-refractivity contribution is -0.138. The summed E-state index contributed by atoms with van der Waals surface area (Å²) in [5.74, 6) is -1.04. The van der Waals surface area contributed by atoms with Gasteiger partial charge >= 0.3 is 6.18 Å². The Bertz CT molecular complexity index is 696. The van der Waals surface area contributed by atoms with Crippen molar-refractivity contribution in [2.45, 2.75) is 38.0 Å². The molecular formula is C15H18F3NO3S. The van der Waals surface area contributed by atoms with Gasteiger partial charge in [-0.3, -0.25) is 4.79 Å². The monoisotopic (exact) mass is 349 g/mol. The van der Waals surface area contributed by atoms with E-state index in [1.807, 2.05) is 0 Å². The number of rotatable bonds is 5. The predicted molar refractivity (Wildman–Crippen MR) is 79.8 cm³/mol. The SMILES string of the molecule is CC(CS(C)(=O)=O)N(C(=O)c1ccccc1C(F)(F)F)C1CC1. The van der Waals surface area contributed by atoms with Gasteiger partial charge in [-0.15, -0.1) is 0 Å². The molecule has 0 aliphatic heterocycles. The van der Waals surface area contributed by atoms with E-state index in [4.69, 9.17) is 0 Å². The van der Waals surface area contributed by atoms with Gasteiger partial charge in [0.2, 0.25) is 0 Å². The van der Waals surface area contributed by atoms with Crippen LogP contribution in [0.25, 0.3) is 0 Å². The molecule has 8 heteroatoms. The summed E-state index contributed by atoms with van der Waals surface area (Å²) < 4.78 is 62.2. The Morgan fingerprint density at radius 1 is 1.30 bits per heavy atom. The van der Waals surface area contributed by atoms with E-state index < -0.39 is 39.1 Å². The van der Waals surface area contributed by atoms with Gasteiger partial charge in [0.25, 0.3) is 5.91 Å². The van der Waals surface area contributed by atoms with Gasteiger partial charge < -0.3 is 4.90 Å². The molecule has 0 saturated heterocycles. The predicted octanol–water partition coefficient (Wildman–Crippen LogP) is 2.74. The van der Waals surface area contributed by atoms with Crippen LogP contribution in [0.2, 0.25) is 0 Å². The van der Waals surface area contributed by atoms with E-state index >= 15 is 0 Å². The van der Waals surface area contributed by atoms with E-state index in [9.17, 15) is 26.4 Å². The van der Waals surface area contributed by atoms with Gasteiger partial charge in [0, 0.05) is 18.3 Å². The molecule has 23 heavy (non-hydrogen) atoms. The minimum Gasteiger partial charge on any atom is -0.332 e. The summed E-state index contributed by atoms with van der Waals surface area (Å²) in [6.45, 7) is 1.55. The lowest BCUT2D eigenvalue weighted by atomic mass is 10.0. The number of benzene rings is 1. The first-order valence-electron chi connectivity index (χ1n) is 7.17. The number of carbonyl (C=O) groups excluding carboxylic acids is 1. The van der Waals surface area contributed by atoms with Gasteiger partial charge in [-0.05, 0) is 31.9 Å². The Hall–Kier alpha value is -1.57. The Labute approximate surface area is 133 Å². The number of alkyl halides is 3. The van der Waals surface area contributed by atoms with Crippen LogP contribution in [0, 0.1) is 0 Å². The molecule has 0 aromatic heterocycles. The first-order chi connectivity index (χ1) is 10.5. The highest BCUT2D eigenvalue weighted by Gasteiger charge is 2.41. The molecule has 1 atom stereocenters. The number of halogens is 3. The van der Waals surface area contributed by atoms with Gasteiger partial charge in [0.05, 0.1) is 16.9 Å². The topological polar surface area (TPSA) is 54.5 Å². The first kappa shape index (κ1) is 17.8. The Kier molecular flexibility index (Phi) is 4.75. The van der Waals surface area contributed by atoms with Gasteiger partial charge in [-0.25, -0.2) is 8.42 Å². The zero-order valence-corrected chi connectivity index (χ0v) is 13.6. The molecule has 1 fully saturated rings. The van der Waals surface area contributed by atoms with Crippen LogP contribution in [-0.2, 0) is 16.0 Å². The molecule has 1 aromatic carbocycles. The summed E-state index contributed by atoms with van der Waals surface area (Å²) in [5, 5.41) is 0. The van der Waals surface area contributed by atoms with Crippen molar-refractivity contribution >= 4 is 15.7 Å². The maximum absolute atomic E-state index is 13.1. The summed E-state index contributed by atoms with van der Waals surface area (Å²) in [5.41, 5.74) is -1.44. The van der Waals surface area contributed by atoms with Crippen molar-refractivity contribution < 1.29 is 26.4 Å². The Balaban J connectivity index is 2.37. The molecule has 1 amide bonds. The van der Waals surface area contributed by atoms with Crippen molar-refractivity contribution in [3.8, 4) is 0 Å². The van der Waals surface area contributed by atoms with Gasteiger partial charge in [-0.1, -0.05) is 12.1 Å². The number of sulfone groups is 1. The van der Waals surface area contributed by atoms with Crippen molar-refractivity contribution in [2.24, 2.45) is 0 Å². The van der Waals surface area contributed by atoms with E-state index in [1.165, 1.54) is 17.0 Å². The third-order valence-corrected chi connectivity index (χ3v) is 4.74. The van der Waals surface area contributed by atoms with E-state index in [0.717, 1.165) is 18.4 Å². The summed E-state index contributed by atoms with van der Waals surface area (Å²) in [6.07, 6.45) is -2.24. The first-order valence-corrected chi connectivity index (χ1v) is 9.23. The summed E-state index contributed by atoms with van der Waals surface area (Å²) in [6, 6.07) is 3.72. The van der Waals surface area contributed by atoms with Gasteiger partial charge in [0.15, 0.2) is 0 Å². The lowest BCUT2D eigenvalue weighted by Crippen LogP contribution is -2.44. The van der Waals surface area contributed by atoms with Crippen LogP contribution in [0.15, 0.2) is 24.3 Å². The maximum atomic E-state index is 13.1. The minimum absolute atomic E-state index is 0.194. The second-order valence-corrected chi connectivity index (χ2v) is 8.11. The molecule has 1 aromatic rings. The smallest absolute Gasteiger partial charge is 0.332 e. The molecule has 2 rings (SSSR count). The number of hydrogen-bond acceptors (Lipinski definition) is 3. The van der Waals surface area contributed by atoms with E-state index in [0.29, 0.717) is 12.8 Å². The lowest BCUT2D eigenvalue weighted by Gasteiger charge is -2.30. The summed E-state index contributed by atoms with van der Waals surface area (Å²) in [7, 11) is -3.34. The Morgan fingerprint density at radius 3 is 2.35 bits per heavy atom. The van der Waals surface area contributed by atoms with Crippen molar-refractivity contribution in [1.29, 1.82) is 0 Å².